The van der Waals surface area contributed by atoms with Crippen molar-refractivity contribution in [3.05, 3.63) is 23.3 Å². The van der Waals surface area contributed by atoms with Gasteiger partial charge < -0.3 is 15.3 Å². The second-order valence-electron chi connectivity index (χ2n) is 2.77. The molecule has 1 aromatic carbocycles. The quantitative estimate of drug-likeness (QED) is 0.496. The summed E-state index contributed by atoms with van der Waals surface area (Å²) in [5.41, 5.74) is 3.76. The maximum absolute atomic E-state index is 10.8. The third-order valence-corrected chi connectivity index (χ3v) is 2.00. The van der Waals surface area contributed by atoms with E-state index in [1.165, 1.54) is 13.2 Å². The summed E-state index contributed by atoms with van der Waals surface area (Å²) in [5.74, 6) is 4.71. The second kappa shape index (κ2) is 3.97. The van der Waals surface area contributed by atoms with Crippen LogP contribution in [0.25, 0.3) is 0 Å². The molecule has 0 atom stereocenters. The SMILES string of the molecule is COc1c(NN)ccc(C(=O)O)c1C. The van der Waals surface area contributed by atoms with Crippen molar-refractivity contribution < 1.29 is 14.6 Å². The van der Waals surface area contributed by atoms with Crippen molar-refractivity contribution in [1.29, 1.82) is 0 Å². The van der Waals surface area contributed by atoms with Gasteiger partial charge in [0, 0.05) is 5.56 Å². The number of nitrogens with two attached hydrogens (primary N) is 1. The lowest BCUT2D eigenvalue weighted by Gasteiger charge is -2.12. The smallest absolute Gasteiger partial charge is 0.336 e. The van der Waals surface area contributed by atoms with Gasteiger partial charge in [0.15, 0.2) is 0 Å². The van der Waals surface area contributed by atoms with Crippen LogP contribution in [-0.2, 0) is 0 Å². The first-order valence-electron chi connectivity index (χ1n) is 3.99. The molecule has 76 valence electrons. The molecule has 5 heteroatoms. The fraction of sp³-hybridized carbons (Fsp3) is 0.222. The lowest BCUT2D eigenvalue weighted by Crippen LogP contribution is -2.10. The number of benzene rings is 1. The lowest BCUT2D eigenvalue weighted by molar-refractivity contribution is 0.0695. The predicted molar refractivity (Wildman–Crippen MR) is 52.5 cm³/mol. The number of hydrogen-bond acceptors (Lipinski definition) is 4. The van der Waals surface area contributed by atoms with Gasteiger partial charge in [-0.2, -0.15) is 0 Å². The monoisotopic (exact) mass is 196 g/mol. The zero-order chi connectivity index (χ0) is 10.7. The molecular weight excluding hydrogens is 184 g/mol. The molecule has 0 bridgehead atoms. The molecule has 0 saturated heterocycles. The Bertz CT molecular complexity index is 363. The molecule has 0 aliphatic rings. The lowest BCUT2D eigenvalue weighted by atomic mass is 10.1. The van der Waals surface area contributed by atoms with Crippen LogP contribution in [0.5, 0.6) is 5.75 Å². The number of carbonyl (C=O) groups is 1. The van der Waals surface area contributed by atoms with Gasteiger partial charge in [-0.05, 0) is 19.1 Å². The highest BCUT2D eigenvalue weighted by molar-refractivity contribution is 5.91. The number of nitrogens with one attached hydrogen (secondary N) is 1. The summed E-state index contributed by atoms with van der Waals surface area (Å²) in [6, 6.07) is 3.05. The van der Waals surface area contributed by atoms with Crippen LogP contribution in [0.2, 0.25) is 0 Å². The molecule has 0 saturated carbocycles. The number of hydrazine groups is 1. The number of ether oxygens (including phenoxy) is 1. The molecule has 1 rings (SSSR count). The Hall–Kier alpha value is -1.75. The van der Waals surface area contributed by atoms with Crippen LogP contribution in [0, 0.1) is 6.92 Å². The summed E-state index contributed by atoms with van der Waals surface area (Å²) in [6.45, 7) is 1.67. The number of carboxylic acid groups (broad SMARTS) is 1. The van der Waals surface area contributed by atoms with Crippen LogP contribution in [0.4, 0.5) is 5.69 Å². The van der Waals surface area contributed by atoms with E-state index in [1.807, 2.05) is 0 Å². The summed E-state index contributed by atoms with van der Waals surface area (Å²) >= 11 is 0. The normalized spacial score (nSPS) is 9.64. The molecule has 4 N–H and O–H groups in total. The van der Waals surface area contributed by atoms with Crippen molar-refractivity contribution in [2.75, 3.05) is 12.5 Å². The van der Waals surface area contributed by atoms with Crippen molar-refractivity contribution in [1.82, 2.24) is 0 Å². The predicted octanol–water partition coefficient (Wildman–Crippen LogP) is 0.987. The summed E-state index contributed by atoms with van der Waals surface area (Å²) in [4.78, 5) is 10.8. The van der Waals surface area contributed by atoms with Gasteiger partial charge in [0.05, 0.1) is 18.4 Å². The van der Waals surface area contributed by atoms with E-state index in [0.717, 1.165) is 0 Å². The fourth-order valence-corrected chi connectivity index (χ4v) is 1.30. The molecule has 0 radical (unpaired) electrons. The first-order chi connectivity index (χ1) is 6.61. The summed E-state index contributed by atoms with van der Waals surface area (Å²) < 4.78 is 5.05. The first-order valence-corrected chi connectivity index (χ1v) is 3.99. The largest absolute Gasteiger partial charge is 0.494 e. The first kappa shape index (κ1) is 10.3. The Labute approximate surface area is 81.5 Å². The highest BCUT2D eigenvalue weighted by atomic mass is 16.5. The molecule has 5 nitrogen and oxygen atoms in total. The van der Waals surface area contributed by atoms with Crippen LogP contribution in [-0.4, -0.2) is 18.2 Å². The maximum atomic E-state index is 10.8. The number of rotatable bonds is 3. The van der Waals surface area contributed by atoms with Crippen LogP contribution in [0.1, 0.15) is 15.9 Å². The van der Waals surface area contributed by atoms with Gasteiger partial charge in [0.2, 0.25) is 0 Å². The maximum Gasteiger partial charge on any atom is 0.336 e. The molecule has 1 aromatic rings. The van der Waals surface area contributed by atoms with Crippen LogP contribution in [0.3, 0.4) is 0 Å². The van der Waals surface area contributed by atoms with E-state index >= 15 is 0 Å². The molecule has 0 aliphatic heterocycles. The molecule has 0 spiro atoms. The molecule has 0 aromatic heterocycles. The standard InChI is InChI=1S/C9H12N2O3/c1-5-6(9(12)13)3-4-7(11-10)8(5)14-2/h3-4,11H,10H2,1-2H3,(H,12,13). The van der Waals surface area contributed by atoms with Gasteiger partial charge in [-0.15, -0.1) is 0 Å². The van der Waals surface area contributed by atoms with E-state index in [0.29, 0.717) is 17.0 Å². The minimum Gasteiger partial charge on any atom is -0.494 e. The zero-order valence-electron chi connectivity index (χ0n) is 8.00. The van der Waals surface area contributed by atoms with Crippen molar-refractivity contribution >= 4 is 11.7 Å². The van der Waals surface area contributed by atoms with Crippen molar-refractivity contribution in [3.8, 4) is 5.75 Å². The molecular formula is C9H12N2O3. The van der Waals surface area contributed by atoms with Crippen molar-refractivity contribution in [2.45, 2.75) is 6.92 Å². The van der Waals surface area contributed by atoms with E-state index in [9.17, 15) is 4.79 Å². The highest BCUT2D eigenvalue weighted by Gasteiger charge is 2.13. The molecule has 0 heterocycles. The minimum atomic E-state index is -0.982. The number of carboxylic acids is 1. The topological polar surface area (TPSA) is 84.6 Å². The zero-order valence-corrected chi connectivity index (χ0v) is 8.00. The van der Waals surface area contributed by atoms with Gasteiger partial charge in [-0.1, -0.05) is 0 Å². The Morgan fingerprint density at radius 3 is 2.64 bits per heavy atom. The van der Waals surface area contributed by atoms with Crippen LogP contribution >= 0.6 is 0 Å². The highest BCUT2D eigenvalue weighted by Crippen LogP contribution is 2.30. The number of anilines is 1. The fourth-order valence-electron chi connectivity index (χ4n) is 1.30. The van der Waals surface area contributed by atoms with E-state index < -0.39 is 5.97 Å². The summed E-state index contributed by atoms with van der Waals surface area (Å²) in [7, 11) is 1.47. The van der Waals surface area contributed by atoms with Crippen LogP contribution < -0.4 is 16.0 Å². The molecule has 0 amide bonds. The van der Waals surface area contributed by atoms with E-state index in [-0.39, 0.29) is 5.56 Å². The Morgan fingerprint density at radius 2 is 2.21 bits per heavy atom. The van der Waals surface area contributed by atoms with E-state index in [2.05, 4.69) is 5.43 Å². The molecule has 14 heavy (non-hydrogen) atoms. The van der Waals surface area contributed by atoms with Gasteiger partial charge in [0.1, 0.15) is 5.75 Å². The third-order valence-electron chi connectivity index (χ3n) is 2.00. The molecule has 0 fully saturated rings. The average Bonchev–Trinajstić information content (AvgIpc) is 2.16. The Kier molecular flexibility index (Phi) is 2.93. The summed E-state index contributed by atoms with van der Waals surface area (Å²) in [5, 5.41) is 8.84. The van der Waals surface area contributed by atoms with Crippen LogP contribution in [0.15, 0.2) is 12.1 Å². The number of methoxy groups -OCH3 is 1. The van der Waals surface area contributed by atoms with Gasteiger partial charge >= 0.3 is 5.97 Å². The molecule has 0 unspecified atom stereocenters. The van der Waals surface area contributed by atoms with Gasteiger partial charge in [-0.25, -0.2) is 4.79 Å². The summed E-state index contributed by atoms with van der Waals surface area (Å²) in [6.07, 6.45) is 0. The Morgan fingerprint density at radius 1 is 1.57 bits per heavy atom. The minimum absolute atomic E-state index is 0.209. The van der Waals surface area contributed by atoms with Gasteiger partial charge in [-0.3, -0.25) is 5.84 Å². The van der Waals surface area contributed by atoms with E-state index in [4.69, 9.17) is 15.7 Å². The van der Waals surface area contributed by atoms with E-state index in [1.54, 1.807) is 13.0 Å². The average molecular weight is 196 g/mol. The second-order valence-corrected chi connectivity index (χ2v) is 2.77. The number of hydrogen-bond donors (Lipinski definition) is 3. The molecule has 0 aliphatic carbocycles. The number of nitrogen functional groups attached to an aromatic ring is 1. The number of aromatic carboxylic acids is 1. The van der Waals surface area contributed by atoms with Gasteiger partial charge in [0.25, 0.3) is 0 Å². The third kappa shape index (κ3) is 1.62. The van der Waals surface area contributed by atoms with Crippen molar-refractivity contribution in [2.24, 2.45) is 5.84 Å². The Balaban J connectivity index is 3.34. The van der Waals surface area contributed by atoms with Crippen molar-refractivity contribution in [3.63, 3.8) is 0 Å².